The first kappa shape index (κ1) is 12.2. The standard InChI is InChI=1S/C15H14N4O/c16-11-6-2-4-8-13(11)20-9-14-18-12-7-3-1-5-10(12)15(17)19-14/h1-8H,9,16H2,(H2,17,18,19). The minimum Gasteiger partial charge on any atom is -0.483 e. The van der Waals surface area contributed by atoms with Crippen molar-refractivity contribution < 1.29 is 4.74 Å². The molecule has 0 unspecified atom stereocenters. The molecule has 100 valence electrons. The number of ether oxygens (including phenoxy) is 1. The van der Waals surface area contributed by atoms with Gasteiger partial charge in [0.25, 0.3) is 0 Å². The van der Waals surface area contributed by atoms with Crippen LogP contribution in [0, 0.1) is 0 Å². The Kier molecular flexibility index (Phi) is 3.09. The Balaban J connectivity index is 1.86. The molecule has 0 saturated heterocycles. The Morgan fingerprint density at radius 3 is 2.50 bits per heavy atom. The van der Waals surface area contributed by atoms with Crippen LogP contribution < -0.4 is 16.2 Å². The lowest BCUT2D eigenvalue weighted by atomic mass is 10.2. The molecule has 0 aliphatic rings. The molecule has 0 saturated carbocycles. The van der Waals surface area contributed by atoms with Gasteiger partial charge in [0.2, 0.25) is 0 Å². The van der Waals surface area contributed by atoms with E-state index in [2.05, 4.69) is 9.97 Å². The average molecular weight is 266 g/mol. The van der Waals surface area contributed by atoms with Crippen LogP contribution in [-0.4, -0.2) is 9.97 Å². The third kappa shape index (κ3) is 2.33. The van der Waals surface area contributed by atoms with Crippen molar-refractivity contribution in [1.29, 1.82) is 0 Å². The summed E-state index contributed by atoms with van der Waals surface area (Å²) >= 11 is 0. The number of anilines is 2. The fourth-order valence-electron chi connectivity index (χ4n) is 1.97. The first-order valence-electron chi connectivity index (χ1n) is 6.22. The maximum atomic E-state index is 5.92. The minimum atomic E-state index is 0.225. The molecule has 0 amide bonds. The van der Waals surface area contributed by atoms with Crippen molar-refractivity contribution in [3.63, 3.8) is 0 Å². The van der Waals surface area contributed by atoms with Crippen LogP contribution in [0.3, 0.4) is 0 Å². The summed E-state index contributed by atoms with van der Waals surface area (Å²) in [7, 11) is 0. The summed E-state index contributed by atoms with van der Waals surface area (Å²) in [5.41, 5.74) is 13.1. The Morgan fingerprint density at radius 2 is 1.65 bits per heavy atom. The zero-order valence-corrected chi connectivity index (χ0v) is 10.8. The van der Waals surface area contributed by atoms with Crippen LogP contribution in [0.1, 0.15) is 5.82 Å². The molecule has 4 N–H and O–H groups in total. The van der Waals surface area contributed by atoms with Gasteiger partial charge < -0.3 is 16.2 Å². The molecule has 5 nitrogen and oxygen atoms in total. The predicted molar refractivity (Wildman–Crippen MR) is 79.1 cm³/mol. The van der Waals surface area contributed by atoms with E-state index in [1.807, 2.05) is 36.4 Å². The van der Waals surface area contributed by atoms with Crippen LogP contribution in [-0.2, 0) is 6.61 Å². The lowest BCUT2D eigenvalue weighted by Gasteiger charge is -2.09. The number of hydrogen-bond donors (Lipinski definition) is 2. The van der Waals surface area contributed by atoms with Crippen LogP contribution in [0.15, 0.2) is 48.5 Å². The molecule has 3 aromatic rings. The first-order chi connectivity index (χ1) is 9.74. The number of nitrogen functional groups attached to an aromatic ring is 2. The van der Waals surface area contributed by atoms with Crippen molar-refractivity contribution in [2.45, 2.75) is 6.61 Å². The maximum Gasteiger partial charge on any atom is 0.168 e. The van der Waals surface area contributed by atoms with Crippen LogP contribution in [0.2, 0.25) is 0 Å². The molecule has 0 aliphatic carbocycles. The molecule has 0 atom stereocenters. The number of benzene rings is 2. The third-order valence-corrected chi connectivity index (χ3v) is 2.95. The van der Waals surface area contributed by atoms with Gasteiger partial charge in [-0.25, -0.2) is 9.97 Å². The van der Waals surface area contributed by atoms with Gasteiger partial charge in [-0.3, -0.25) is 0 Å². The van der Waals surface area contributed by atoms with Crippen LogP contribution in [0.4, 0.5) is 11.5 Å². The fourth-order valence-corrected chi connectivity index (χ4v) is 1.97. The third-order valence-electron chi connectivity index (χ3n) is 2.95. The average Bonchev–Trinajstić information content (AvgIpc) is 2.46. The highest BCUT2D eigenvalue weighted by Gasteiger charge is 2.06. The van der Waals surface area contributed by atoms with Gasteiger partial charge >= 0.3 is 0 Å². The molecule has 0 bridgehead atoms. The summed E-state index contributed by atoms with van der Waals surface area (Å²) in [6.07, 6.45) is 0. The Morgan fingerprint density at radius 1 is 0.900 bits per heavy atom. The van der Waals surface area contributed by atoms with Gasteiger partial charge in [-0.1, -0.05) is 24.3 Å². The van der Waals surface area contributed by atoms with Crippen LogP contribution in [0.5, 0.6) is 5.75 Å². The number of nitrogens with two attached hydrogens (primary N) is 2. The summed E-state index contributed by atoms with van der Waals surface area (Å²) in [6.45, 7) is 0.225. The number of rotatable bonds is 3. The second-order valence-corrected chi connectivity index (χ2v) is 4.37. The number of para-hydroxylation sites is 3. The van der Waals surface area contributed by atoms with E-state index in [0.717, 1.165) is 10.9 Å². The molecule has 0 spiro atoms. The van der Waals surface area contributed by atoms with E-state index < -0.39 is 0 Å². The lowest BCUT2D eigenvalue weighted by molar-refractivity contribution is 0.298. The smallest absolute Gasteiger partial charge is 0.168 e. The van der Waals surface area contributed by atoms with E-state index in [-0.39, 0.29) is 6.61 Å². The highest BCUT2D eigenvalue weighted by molar-refractivity contribution is 5.87. The van der Waals surface area contributed by atoms with Gasteiger partial charge in [-0.2, -0.15) is 0 Å². The molecule has 0 aliphatic heterocycles. The normalized spacial score (nSPS) is 10.6. The molecular weight excluding hydrogens is 252 g/mol. The highest BCUT2D eigenvalue weighted by Crippen LogP contribution is 2.22. The van der Waals surface area contributed by atoms with E-state index in [1.54, 1.807) is 12.1 Å². The van der Waals surface area contributed by atoms with Gasteiger partial charge in [0.15, 0.2) is 5.82 Å². The molecule has 1 aromatic heterocycles. The second kappa shape index (κ2) is 5.05. The quantitative estimate of drug-likeness (QED) is 0.711. The fraction of sp³-hybridized carbons (Fsp3) is 0.0667. The summed E-state index contributed by atoms with van der Waals surface area (Å²) in [5.74, 6) is 1.60. The second-order valence-electron chi connectivity index (χ2n) is 4.37. The van der Waals surface area contributed by atoms with Gasteiger partial charge in [0.1, 0.15) is 18.2 Å². The number of aromatic nitrogens is 2. The molecule has 1 heterocycles. The number of fused-ring (bicyclic) bond motifs is 1. The summed E-state index contributed by atoms with van der Waals surface area (Å²) in [6, 6.07) is 14.9. The van der Waals surface area contributed by atoms with Crippen LogP contribution in [0.25, 0.3) is 10.9 Å². The monoisotopic (exact) mass is 266 g/mol. The van der Waals surface area contributed by atoms with E-state index in [1.165, 1.54) is 0 Å². The van der Waals surface area contributed by atoms with Crippen molar-refractivity contribution in [2.24, 2.45) is 0 Å². The number of nitrogens with zero attached hydrogens (tertiary/aromatic N) is 2. The van der Waals surface area contributed by atoms with E-state index in [9.17, 15) is 0 Å². The van der Waals surface area contributed by atoms with Crippen molar-refractivity contribution in [2.75, 3.05) is 11.5 Å². The first-order valence-corrected chi connectivity index (χ1v) is 6.22. The van der Waals surface area contributed by atoms with Gasteiger partial charge in [-0.15, -0.1) is 0 Å². The molecule has 3 rings (SSSR count). The Bertz CT molecular complexity index is 758. The maximum absolute atomic E-state index is 5.92. The molecule has 0 radical (unpaired) electrons. The van der Waals surface area contributed by atoms with Crippen molar-refractivity contribution in [3.05, 3.63) is 54.4 Å². The van der Waals surface area contributed by atoms with Gasteiger partial charge in [0, 0.05) is 5.39 Å². The summed E-state index contributed by atoms with van der Waals surface area (Å²) in [4.78, 5) is 8.67. The summed E-state index contributed by atoms with van der Waals surface area (Å²) < 4.78 is 5.62. The minimum absolute atomic E-state index is 0.225. The van der Waals surface area contributed by atoms with E-state index in [4.69, 9.17) is 16.2 Å². The summed E-state index contributed by atoms with van der Waals surface area (Å²) in [5, 5.41) is 0.843. The van der Waals surface area contributed by atoms with Gasteiger partial charge in [-0.05, 0) is 24.3 Å². The highest BCUT2D eigenvalue weighted by atomic mass is 16.5. The zero-order chi connectivity index (χ0) is 13.9. The molecular formula is C15H14N4O. The van der Waals surface area contributed by atoms with Crippen molar-refractivity contribution >= 4 is 22.4 Å². The molecule has 5 heteroatoms. The molecule has 0 fully saturated rings. The van der Waals surface area contributed by atoms with E-state index in [0.29, 0.717) is 23.1 Å². The van der Waals surface area contributed by atoms with Crippen molar-refractivity contribution in [3.8, 4) is 5.75 Å². The van der Waals surface area contributed by atoms with Crippen LogP contribution >= 0.6 is 0 Å². The van der Waals surface area contributed by atoms with E-state index >= 15 is 0 Å². The predicted octanol–water partition coefficient (Wildman–Crippen LogP) is 2.37. The number of hydrogen-bond acceptors (Lipinski definition) is 5. The largest absolute Gasteiger partial charge is 0.483 e. The Labute approximate surface area is 116 Å². The van der Waals surface area contributed by atoms with Crippen molar-refractivity contribution in [1.82, 2.24) is 9.97 Å². The topological polar surface area (TPSA) is 87.0 Å². The SMILES string of the molecule is Nc1ccccc1OCc1nc(N)c2ccccc2n1. The lowest BCUT2D eigenvalue weighted by Crippen LogP contribution is -2.05. The zero-order valence-electron chi connectivity index (χ0n) is 10.8. The molecule has 20 heavy (non-hydrogen) atoms. The Hall–Kier alpha value is -2.82. The molecule has 2 aromatic carbocycles. The van der Waals surface area contributed by atoms with Gasteiger partial charge in [0.05, 0.1) is 11.2 Å².